The molecule has 0 spiro atoms. The maximum absolute atomic E-state index is 10.8. The van der Waals surface area contributed by atoms with E-state index in [1.165, 1.54) is 40.6 Å². The minimum atomic E-state index is -1.32. The Morgan fingerprint density at radius 3 is 1.57 bits per heavy atom. The van der Waals surface area contributed by atoms with E-state index in [9.17, 15) is 20.4 Å². The molecule has 0 aliphatic carbocycles. The highest BCUT2D eigenvalue weighted by atomic mass is 16.6. The third-order valence-corrected chi connectivity index (χ3v) is 4.61. The van der Waals surface area contributed by atoms with E-state index in [0.29, 0.717) is 11.1 Å². The molecule has 1 unspecified atom stereocenters. The first-order chi connectivity index (χ1) is 14.3. The van der Waals surface area contributed by atoms with Crippen molar-refractivity contribution in [2.45, 2.75) is 25.2 Å². The Kier molecular flexibility index (Phi) is 7.99. The summed E-state index contributed by atoms with van der Waals surface area (Å²) in [6, 6.07) is 5.99. The van der Waals surface area contributed by atoms with Crippen LogP contribution in [0.3, 0.4) is 0 Å². The first-order valence-electron chi connectivity index (χ1n) is 9.15. The molecule has 0 bridgehead atoms. The fraction of sp³-hybridized carbons (Fsp3) is 0.429. The normalized spacial score (nSPS) is 13.9. The molecule has 0 heterocycles. The predicted molar refractivity (Wildman–Crippen MR) is 108 cm³/mol. The van der Waals surface area contributed by atoms with Crippen LogP contribution in [-0.4, -0.2) is 61.6 Å². The molecule has 9 nitrogen and oxygen atoms in total. The van der Waals surface area contributed by atoms with Crippen molar-refractivity contribution in [1.82, 2.24) is 0 Å². The molecule has 166 valence electrons. The van der Waals surface area contributed by atoms with Gasteiger partial charge in [0, 0.05) is 0 Å². The van der Waals surface area contributed by atoms with Crippen LogP contribution in [0.25, 0.3) is 0 Å². The smallest absolute Gasteiger partial charge is 0.204 e. The summed E-state index contributed by atoms with van der Waals surface area (Å²) in [5, 5.41) is 40.7. The second-order valence-electron chi connectivity index (χ2n) is 6.49. The molecule has 2 aromatic carbocycles. The molecule has 0 aromatic heterocycles. The van der Waals surface area contributed by atoms with Gasteiger partial charge in [-0.25, -0.2) is 0 Å². The van der Waals surface area contributed by atoms with Gasteiger partial charge >= 0.3 is 0 Å². The summed E-state index contributed by atoms with van der Waals surface area (Å²) >= 11 is 0. The standard InChI is InChI=1S/C21H28O9/c1-11(23)12-6-16(28-4)21(17(7-12)29-5)30-18(10-22)19(24)13-8-14(26-2)20(25)15(9-13)27-3/h6-9,11,18-19,22-25H,10H2,1-5H3/t11?,18-,19-/m1/s1. The Labute approximate surface area is 175 Å². The van der Waals surface area contributed by atoms with E-state index in [1.54, 1.807) is 19.1 Å². The summed E-state index contributed by atoms with van der Waals surface area (Å²) in [5.74, 6) is 0.649. The van der Waals surface area contributed by atoms with Gasteiger partial charge < -0.3 is 44.1 Å². The van der Waals surface area contributed by atoms with Crippen LogP contribution >= 0.6 is 0 Å². The Bertz CT molecular complexity index is 800. The zero-order valence-electron chi connectivity index (χ0n) is 17.6. The number of phenolic OH excluding ortho intramolecular Hbond substituents is 1. The zero-order valence-corrected chi connectivity index (χ0v) is 17.6. The summed E-state index contributed by atoms with van der Waals surface area (Å²) in [7, 11) is 5.58. The van der Waals surface area contributed by atoms with Crippen molar-refractivity contribution in [2.75, 3.05) is 35.0 Å². The minimum absolute atomic E-state index is 0.0940. The van der Waals surface area contributed by atoms with Crippen LogP contribution in [-0.2, 0) is 0 Å². The largest absolute Gasteiger partial charge is 0.502 e. The summed E-state index contributed by atoms with van der Waals surface area (Å²) < 4.78 is 26.8. The summed E-state index contributed by atoms with van der Waals surface area (Å²) in [6.07, 6.45) is -3.20. The summed E-state index contributed by atoms with van der Waals surface area (Å²) in [6.45, 7) is 1.05. The molecular formula is C21H28O9. The number of hydrogen-bond acceptors (Lipinski definition) is 9. The maximum Gasteiger partial charge on any atom is 0.204 e. The van der Waals surface area contributed by atoms with Crippen molar-refractivity contribution in [3.05, 3.63) is 35.4 Å². The highest BCUT2D eigenvalue weighted by molar-refractivity contribution is 5.55. The number of aliphatic hydroxyl groups is 3. The third-order valence-electron chi connectivity index (χ3n) is 4.61. The van der Waals surface area contributed by atoms with Gasteiger partial charge in [0.05, 0.1) is 41.2 Å². The Morgan fingerprint density at radius 2 is 1.20 bits per heavy atom. The van der Waals surface area contributed by atoms with Crippen molar-refractivity contribution >= 4 is 0 Å². The Morgan fingerprint density at radius 1 is 0.767 bits per heavy atom. The Balaban J connectivity index is 2.44. The van der Waals surface area contributed by atoms with E-state index in [4.69, 9.17) is 23.7 Å². The van der Waals surface area contributed by atoms with Gasteiger partial charge in [-0.2, -0.15) is 0 Å². The van der Waals surface area contributed by atoms with Crippen molar-refractivity contribution in [2.24, 2.45) is 0 Å². The van der Waals surface area contributed by atoms with E-state index in [-0.39, 0.29) is 34.5 Å². The first kappa shape index (κ1) is 23.4. The SMILES string of the molecule is COc1cc([C@@H](O)[C@@H](CO)Oc2c(OC)cc(C(C)O)cc2OC)cc(OC)c1O. The van der Waals surface area contributed by atoms with Gasteiger partial charge in [-0.15, -0.1) is 0 Å². The van der Waals surface area contributed by atoms with Crippen molar-refractivity contribution in [3.8, 4) is 34.5 Å². The van der Waals surface area contributed by atoms with Crippen LogP contribution in [0.15, 0.2) is 24.3 Å². The van der Waals surface area contributed by atoms with E-state index in [2.05, 4.69) is 0 Å². The highest BCUT2D eigenvalue weighted by Crippen LogP contribution is 2.43. The molecule has 2 rings (SSSR count). The molecule has 0 aliphatic heterocycles. The lowest BCUT2D eigenvalue weighted by atomic mass is 10.0. The lowest BCUT2D eigenvalue weighted by Gasteiger charge is -2.26. The molecule has 9 heteroatoms. The van der Waals surface area contributed by atoms with Gasteiger partial charge in [0.1, 0.15) is 6.10 Å². The van der Waals surface area contributed by atoms with Gasteiger partial charge in [-0.1, -0.05) is 0 Å². The minimum Gasteiger partial charge on any atom is -0.502 e. The van der Waals surface area contributed by atoms with Gasteiger partial charge in [-0.3, -0.25) is 0 Å². The molecule has 0 fully saturated rings. The molecular weight excluding hydrogens is 396 g/mol. The molecule has 0 amide bonds. The number of aromatic hydroxyl groups is 1. The van der Waals surface area contributed by atoms with E-state index in [0.717, 1.165) is 0 Å². The van der Waals surface area contributed by atoms with E-state index < -0.39 is 24.9 Å². The molecule has 0 radical (unpaired) electrons. The first-order valence-corrected chi connectivity index (χ1v) is 9.15. The lowest BCUT2D eigenvalue weighted by Crippen LogP contribution is -2.29. The average Bonchev–Trinajstić information content (AvgIpc) is 2.76. The number of aliphatic hydroxyl groups excluding tert-OH is 3. The number of rotatable bonds is 10. The molecule has 0 saturated carbocycles. The van der Waals surface area contributed by atoms with E-state index in [1.807, 2.05) is 0 Å². The van der Waals surface area contributed by atoms with Gasteiger partial charge in [0.2, 0.25) is 11.5 Å². The monoisotopic (exact) mass is 424 g/mol. The number of hydrogen-bond donors (Lipinski definition) is 4. The molecule has 3 atom stereocenters. The van der Waals surface area contributed by atoms with Crippen LogP contribution in [0.1, 0.15) is 30.3 Å². The molecule has 0 saturated heterocycles. The molecule has 30 heavy (non-hydrogen) atoms. The molecule has 0 aliphatic rings. The topological polar surface area (TPSA) is 127 Å². The number of phenols is 1. The molecule has 4 N–H and O–H groups in total. The number of benzene rings is 2. The second-order valence-corrected chi connectivity index (χ2v) is 6.49. The number of methoxy groups -OCH3 is 4. The highest BCUT2D eigenvalue weighted by Gasteiger charge is 2.28. The van der Waals surface area contributed by atoms with Gasteiger partial charge in [0.15, 0.2) is 29.1 Å². The second kappa shape index (κ2) is 10.2. The van der Waals surface area contributed by atoms with Crippen LogP contribution in [0.5, 0.6) is 34.5 Å². The lowest BCUT2D eigenvalue weighted by molar-refractivity contribution is -0.00189. The number of ether oxygens (including phenoxy) is 5. The summed E-state index contributed by atoms with van der Waals surface area (Å²) in [5.41, 5.74) is 0.837. The quantitative estimate of drug-likeness (QED) is 0.452. The van der Waals surface area contributed by atoms with Gasteiger partial charge in [0.25, 0.3) is 0 Å². The third kappa shape index (κ3) is 4.81. The summed E-state index contributed by atoms with van der Waals surface area (Å²) in [4.78, 5) is 0. The predicted octanol–water partition coefficient (Wildman–Crippen LogP) is 1.95. The van der Waals surface area contributed by atoms with Crippen LogP contribution < -0.4 is 23.7 Å². The van der Waals surface area contributed by atoms with Crippen molar-refractivity contribution in [3.63, 3.8) is 0 Å². The van der Waals surface area contributed by atoms with E-state index >= 15 is 0 Å². The fourth-order valence-electron chi connectivity index (χ4n) is 2.91. The zero-order chi connectivity index (χ0) is 22.4. The Hall–Kier alpha value is -2.88. The molecule has 2 aromatic rings. The van der Waals surface area contributed by atoms with Crippen molar-refractivity contribution < 1.29 is 44.1 Å². The van der Waals surface area contributed by atoms with Crippen LogP contribution in [0.2, 0.25) is 0 Å². The van der Waals surface area contributed by atoms with Crippen molar-refractivity contribution in [1.29, 1.82) is 0 Å². The average molecular weight is 424 g/mol. The fourth-order valence-corrected chi connectivity index (χ4v) is 2.91. The maximum atomic E-state index is 10.8. The van der Waals surface area contributed by atoms with Gasteiger partial charge in [-0.05, 0) is 42.3 Å². The van der Waals surface area contributed by atoms with Crippen LogP contribution in [0.4, 0.5) is 0 Å². The van der Waals surface area contributed by atoms with Crippen LogP contribution in [0, 0.1) is 0 Å².